The second kappa shape index (κ2) is 6.51. The summed E-state index contributed by atoms with van der Waals surface area (Å²) in [6.07, 6.45) is 0.898. The number of hydrogen-bond acceptors (Lipinski definition) is 2. The Bertz CT molecular complexity index is 646. The molecule has 0 radical (unpaired) electrons. The summed E-state index contributed by atoms with van der Waals surface area (Å²) < 4.78 is 13.9. The molecule has 0 aliphatic carbocycles. The maximum atomic E-state index is 13.4. The van der Waals surface area contributed by atoms with Gasteiger partial charge in [0.25, 0.3) is 0 Å². The predicted octanol–water partition coefficient (Wildman–Crippen LogP) is 4.61. The van der Waals surface area contributed by atoms with Crippen LogP contribution in [0.4, 0.5) is 4.39 Å². The number of nitrogens with one attached hydrogen (secondary N) is 1. The Morgan fingerprint density at radius 3 is 2.90 bits per heavy atom. The van der Waals surface area contributed by atoms with Crippen LogP contribution in [0, 0.1) is 5.82 Å². The third-order valence-electron chi connectivity index (χ3n) is 4.03. The second-order valence-electron chi connectivity index (χ2n) is 5.30. The van der Waals surface area contributed by atoms with Crippen LogP contribution < -0.4 is 5.32 Å². The molecule has 2 aromatic rings. The lowest BCUT2D eigenvalue weighted by Gasteiger charge is -2.24. The van der Waals surface area contributed by atoms with E-state index in [1.54, 1.807) is 0 Å². The van der Waals surface area contributed by atoms with Gasteiger partial charge in [-0.3, -0.25) is 0 Å². The fourth-order valence-electron chi connectivity index (χ4n) is 2.89. The van der Waals surface area contributed by atoms with Crippen molar-refractivity contribution < 1.29 is 4.39 Å². The average Bonchev–Trinajstić information content (AvgIpc) is 2.92. The maximum absolute atomic E-state index is 13.4. The van der Waals surface area contributed by atoms with Gasteiger partial charge in [-0.15, -0.1) is 11.8 Å². The molecule has 1 aliphatic heterocycles. The first-order valence-corrected chi connectivity index (χ1v) is 8.80. The van der Waals surface area contributed by atoms with Crippen LogP contribution in [-0.4, -0.2) is 18.8 Å². The topological polar surface area (TPSA) is 12.0 Å². The van der Waals surface area contributed by atoms with Crippen molar-refractivity contribution in [1.29, 1.82) is 0 Å². The lowest BCUT2D eigenvalue weighted by Crippen LogP contribution is -2.34. The molecule has 0 fully saturated rings. The molecule has 1 nitrogen and oxygen atoms in total. The highest BCUT2D eigenvalue weighted by molar-refractivity contribution is 9.10. The highest BCUT2D eigenvalue weighted by Gasteiger charge is 2.29. The largest absolute Gasteiger partial charge is 0.316 e. The molecule has 110 valence electrons. The van der Waals surface area contributed by atoms with Crippen LogP contribution in [0.1, 0.15) is 17.0 Å². The van der Waals surface area contributed by atoms with Gasteiger partial charge in [0.2, 0.25) is 0 Å². The van der Waals surface area contributed by atoms with Crippen molar-refractivity contribution in [3.8, 4) is 0 Å². The van der Waals surface area contributed by atoms with Crippen LogP contribution in [0.5, 0.6) is 0 Å². The SMILES string of the molecule is CNC(Cc1ccc(F)c(Br)c1)C1CSc2ccccc21. The van der Waals surface area contributed by atoms with Gasteiger partial charge in [0.05, 0.1) is 4.47 Å². The van der Waals surface area contributed by atoms with Gasteiger partial charge in [0.1, 0.15) is 5.82 Å². The molecule has 0 amide bonds. The molecule has 2 atom stereocenters. The first-order chi connectivity index (χ1) is 10.2. The van der Waals surface area contributed by atoms with E-state index < -0.39 is 0 Å². The zero-order valence-corrected chi connectivity index (χ0v) is 14.2. The predicted molar refractivity (Wildman–Crippen MR) is 90.6 cm³/mol. The molecule has 3 rings (SSSR count). The zero-order chi connectivity index (χ0) is 14.8. The van der Waals surface area contributed by atoms with E-state index in [1.165, 1.54) is 16.5 Å². The first-order valence-electron chi connectivity index (χ1n) is 7.02. The quantitative estimate of drug-likeness (QED) is 0.848. The van der Waals surface area contributed by atoms with E-state index in [9.17, 15) is 4.39 Å². The molecule has 0 saturated carbocycles. The number of halogens is 2. The highest BCUT2D eigenvalue weighted by Crippen LogP contribution is 2.41. The third kappa shape index (κ3) is 3.17. The molecule has 1 heterocycles. The zero-order valence-electron chi connectivity index (χ0n) is 11.8. The van der Waals surface area contributed by atoms with Crippen LogP contribution in [-0.2, 0) is 6.42 Å². The number of fused-ring (bicyclic) bond motifs is 1. The minimum Gasteiger partial charge on any atom is -0.316 e. The lowest BCUT2D eigenvalue weighted by molar-refractivity contribution is 0.488. The Kier molecular flexibility index (Phi) is 4.67. The Hall–Kier alpha value is -0.840. The van der Waals surface area contributed by atoms with Crippen LogP contribution in [0.25, 0.3) is 0 Å². The van der Waals surface area contributed by atoms with Gasteiger partial charge in [-0.25, -0.2) is 4.39 Å². The molecule has 1 N–H and O–H groups in total. The van der Waals surface area contributed by atoms with Crippen LogP contribution in [0.3, 0.4) is 0 Å². The van der Waals surface area contributed by atoms with Crippen molar-refractivity contribution in [2.45, 2.75) is 23.3 Å². The molecule has 0 bridgehead atoms. The minimum atomic E-state index is -0.207. The molecule has 4 heteroatoms. The summed E-state index contributed by atoms with van der Waals surface area (Å²) in [7, 11) is 2.01. The highest BCUT2D eigenvalue weighted by atomic mass is 79.9. The Labute approximate surface area is 137 Å². The number of likely N-dealkylation sites (N-methyl/N-ethyl adjacent to an activating group) is 1. The normalized spacial score (nSPS) is 18.5. The fourth-order valence-corrected chi connectivity index (χ4v) is 4.64. The van der Waals surface area contributed by atoms with Crippen molar-refractivity contribution in [3.63, 3.8) is 0 Å². The molecule has 21 heavy (non-hydrogen) atoms. The number of thioether (sulfide) groups is 1. The summed E-state index contributed by atoms with van der Waals surface area (Å²) in [6, 6.07) is 14.3. The standard InChI is InChI=1S/C17H17BrFNS/c1-20-16(9-11-6-7-15(19)14(18)8-11)13-10-21-17-5-3-2-4-12(13)17/h2-8,13,16,20H,9-10H2,1H3. The monoisotopic (exact) mass is 365 g/mol. The summed E-state index contributed by atoms with van der Waals surface area (Å²) in [5, 5.41) is 3.45. The van der Waals surface area contributed by atoms with Crippen LogP contribution in [0.15, 0.2) is 51.8 Å². The molecular formula is C17H17BrFNS. The van der Waals surface area contributed by atoms with Crippen molar-refractivity contribution in [3.05, 3.63) is 63.9 Å². The first kappa shape index (κ1) is 15.1. The average molecular weight is 366 g/mol. The van der Waals surface area contributed by atoms with Gasteiger partial charge < -0.3 is 5.32 Å². The summed E-state index contributed by atoms with van der Waals surface area (Å²) in [4.78, 5) is 1.39. The molecule has 0 aromatic heterocycles. The van der Waals surface area contributed by atoms with E-state index in [4.69, 9.17) is 0 Å². The van der Waals surface area contributed by atoms with Gasteiger partial charge in [-0.05, 0) is 58.7 Å². The third-order valence-corrected chi connectivity index (χ3v) is 5.85. The molecule has 0 saturated heterocycles. The maximum Gasteiger partial charge on any atom is 0.137 e. The minimum absolute atomic E-state index is 0.207. The molecular weight excluding hydrogens is 349 g/mol. The molecule has 2 unspecified atom stereocenters. The second-order valence-corrected chi connectivity index (χ2v) is 7.22. The summed E-state index contributed by atoms with van der Waals surface area (Å²) in [5.74, 6) is 1.40. The van der Waals surface area contributed by atoms with Gasteiger partial charge >= 0.3 is 0 Å². The van der Waals surface area contributed by atoms with Crippen molar-refractivity contribution >= 4 is 27.7 Å². The van der Waals surface area contributed by atoms with Gasteiger partial charge in [0.15, 0.2) is 0 Å². The molecule has 1 aliphatic rings. The van der Waals surface area contributed by atoms with E-state index in [0.29, 0.717) is 16.4 Å². The molecule has 2 aromatic carbocycles. The van der Waals surface area contributed by atoms with Crippen LogP contribution in [0.2, 0.25) is 0 Å². The van der Waals surface area contributed by atoms with E-state index in [1.807, 2.05) is 30.9 Å². The summed E-state index contributed by atoms with van der Waals surface area (Å²) >= 11 is 5.19. The lowest BCUT2D eigenvalue weighted by atomic mass is 9.89. The van der Waals surface area contributed by atoms with Crippen molar-refractivity contribution in [2.24, 2.45) is 0 Å². The smallest absolute Gasteiger partial charge is 0.137 e. The van der Waals surface area contributed by atoms with Crippen molar-refractivity contribution in [1.82, 2.24) is 5.32 Å². The van der Waals surface area contributed by atoms with Crippen molar-refractivity contribution in [2.75, 3.05) is 12.8 Å². The number of hydrogen-bond donors (Lipinski definition) is 1. The Morgan fingerprint density at radius 1 is 1.33 bits per heavy atom. The Morgan fingerprint density at radius 2 is 2.14 bits per heavy atom. The van der Waals surface area contributed by atoms with Gasteiger partial charge in [-0.1, -0.05) is 24.3 Å². The molecule has 0 spiro atoms. The van der Waals surface area contributed by atoms with E-state index in [0.717, 1.165) is 17.7 Å². The number of rotatable bonds is 4. The number of benzene rings is 2. The van der Waals surface area contributed by atoms with E-state index >= 15 is 0 Å². The van der Waals surface area contributed by atoms with Crippen LogP contribution >= 0.6 is 27.7 Å². The Balaban J connectivity index is 1.81. The van der Waals surface area contributed by atoms with E-state index in [2.05, 4.69) is 45.5 Å². The van der Waals surface area contributed by atoms with Gasteiger partial charge in [0, 0.05) is 22.6 Å². The van der Waals surface area contributed by atoms with E-state index in [-0.39, 0.29) is 5.82 Å². The van der Waals surface area contributed by atoms with Gasteiger partial charge in [-0.2, -0.15) is 0 Å². The summed E-state index contributed by atoms with van der Waals surface area (Å²) in [6.45, 7) is 0. The fraction of sp³-hybridized carbons (Fsp3) is 0.294. The summed E-state index contributed by atoms with van der Waals surface area (Å²) in [5.41, 5.74) is 2.58.